The molecule has 4 N–H and O–H groups in total. The van der Waals surface area contributed by atoms with E-state index in [0.29, 0.717) is 24.2 Å². The van der Waals surface area contributed by atoms with Crippen molar-refractivity contribution in [2.45, 2.75) is 18.8 Å². The third-order valence-electron chi connectivity index (χ3n) is 4.06. The predicted molar refractivity (Wildman–Crippen MR) is 94.5 cm³/mol. The molecular weight excluding hydrogens is 326 g/mol. The van der Waals surface area contributed by atoms with E-state index < -0.39 is 10.0 Å². The molecule has 3 rings (SSSR count). The first-order valence-corrected chi connectivity index (χ1v) is 9.32. The minimum atomic E-state index is -3.38. The van der Waals surface area contributed by atoms with Gasteiger partial charge in [-0.3, -0.25) is 0 Å². The van der Waals surface area contributed by atoms with E-state index in [4.69, 9.17) is 11.5 Å². The molecule has 0 spiro atoms. The third-order valence-corrected chi connectivity index (χ3v) is 5.12. The van der Waals surface area contributed by atoms with Crippen LogP contribution in [0.2, 0.25) is 0 Å². The summed E-state index contributed by atoms with van der Waals surface area (Å²) in [5.41, 5.74) is 14.0. The van der Waals surface area contributed by atoms with Crippen LogP contribution < -0.4 is 11.5 Å². The maximum Gasteiger partial charge on any atom is 0.235 e. The van der Waals surface area contributed by atoms with Gasteiger partial charge >= 0.3 is 0 Å². The molecule has 0 radical (unpaired) electrons. The molecule has 0 saturated heterocycles. The standard InChI is InChI=1S/C16H19N5O2S/c1-24(22,23)21-8-7-13-14(19-20-16(17)18)9-12(10-15(13)21)11-5-3-2-4-6-11/h2-8,12H,9-10H2,1H3,(H4,17,18,20). The molecule has 0 bridgehead atoms. The normalized spacial score (nSPS) is 19.0. The predicted octanol–water partition coefficient (Wildman–Crippen LogP) is 1.00. The first-order valence-electron chi connectivity index (χ1n) is 7.48. The van der Waals surface area contributed by atoms with Gasteiger partial charge in [0.25, 0.3) is 0 Å². The van der Waals surface area contributed by atoms with Gasteiger partial charge in [-0.25, -0.2) is 12.4 Å². The lowest BCUT2D eigenvalue weighted by molar-refractivity contribution is 0.587. The number of nitrogens with two attached hydrogens (primary N) is 2. The SMILES string of the molecule is CS(=O)(=O)n1ccc2c1CC(c1ccccc1)CC2=NN=C(N)N. The van der Waals surface area contributed by atoms with Crippen molar-refractivity contribution in [3.63, 3.8) is 0 Å². The minimum Gasteiger partial charge on any atom is -0.369 e. The van der Waals surface area contributed by atoms with Crippen LogP contribution in [0.4, 0.5) is 0 Å². The van der Waals surface area contributed by atoms with Gasteiger partial charge in [-0.05, 0) is 30.4 Å². The zero-order valence-electron chi connectivity index (χ0n) is 13.3. The summed E-state index contributed by atoms with van der Waals surface area (Å²) in [6.07, 6.45) is 3.99. The molecule has 0 saturated carbocycles. The number of guanidine groups is 1. The lowest BCUT2D eigenvalue weighted by Gasteiger charge is -2.25. The van der Waals surface area contributed by atoms with E-state index in [-0.39, 0.29) is 11.9 Å². The lowest BCUT2D eigenvalue weighted by Crippen LogP contribution is -2.24. The largest absolute Gasteiger partial charge is 0.369 e. The zero-order valence-corrected chi connectivity index (χ0v) is 14.1. The van der Waals surface area contributed by atoms with Gasteiger partial charge in [0, 0.05) is 17.5 Å². The van der Waals surface area contributed by atoms with Crippen molar-refractivity contribution in [1.82, 2.24) is 3.97 Å². The summed E-state index contributed by atoms with van der Waals surface area (Å²) in [7, 11) is -3.38. The summed E-state index contributed by atoms with van der Waals surface area (Å²) >= 11 is 0. The van der Waals surface area contributed by atoms with Gasteiger partial charge in [0.15, 0.2) is 0 Å². The van der Waals surface area contributed by atoms with E-state index in [9.17, 15) is 8.42 Å². The highest BCUT2D eigenvalue weighted by molar-refractivity contribution is 7.89. The number of nitrogens with zero attached hydrogens (tertiary/aromatic N) is 3. The average molecular weight is 345 g/mol. The fourth-order valence-corrected chi connectivity index (χ4v) is 3.90. The first-order chi connectivity index (χ1) is 11.4. The molecule has 1 aliphatic rings. The zero-order chi connectivity index (χ0) is 17.3. The molecule has 0 fully saturated rings. The fourth-order valence-electron chi connectivity index (χ4n) is 3.04. The molecule has 1 aromatic carbocycles. The van der Waals surface area contributed by atoms with Gasteiger partial charge in [0.1, 0.15) is 0 Å². The Kier molecular flexibility index (Phi) is 4.15. The molecule has 1 heterocycles. The van der Waals surface area contributed by atoms with Gasteiger partial charge in [-0.1, -0.05) is 30.3 Å². The Morgan fingerprint density at radius 3 is 2.50 bits per heavy atom. The Morgan fingerprint density at radius 2 is 1.88 bits per heavy atom. The number of aromatic nitrogens is 1. The molecule has 8 heteroatoms. The second-order valence-electron chi connectivity index (χ2n) is 5.82. The monoisotopic (exact) mass is 345 g/mol. The van der Waals surface area contributed by atoms with Crippen molar-refractivity contribution in [3.8, 4) is 0 Å². The fraction of sp³-hybridized carbons (Fsp3) is 0.250. The smallest absolute Gasteiger partial charge is 0.235 e. The van der Waals surface area contributed by atoms with Crippen LogP contribution >= 0.6 is 0 Å². The van der Waals surface area contributed by atoms with Crippen LogP contribution in [0.5, 0.6) is 0 Å². The number of fused-ring (bicyclic) bond motifs is 1. The molecule has 7 nitrogen and oxygen atoms in total. The average Bonchev–Trinajstić information content (AvgIpc) is 2.97. The van der Waals surface area contributed by atoms with E-state index in [2.05, 4.69) is 10.2 Å². The second-order valence-corrected chi connectivity index (χ2v) is 7.68. The molecule has 0 aliphatic heterocycles. The molecule has 0 amide bonds. The third kappa shape index (κ3) is 3.18. The van der Waals surface area contributed by atoms with Crippen molar-refractivity contribution in [2.75, 3.05) is 6.26 Å². The highest BCUT2D eigenvalue weighted by Gasteiger charge is 2.29. The summed E-state index contributed by atoms with van der Waals surface area (Å²) < 4.78 is 25.4. The number of rotatable bonds is 3. The maximum atomic E-state index is 12.0. The van der Waals surface area contributed by atoms with E-state index in [1.165, 1.54) is 10.2 Å². The van der Waals surface area contributed by atoms with Crippen LogP contribution in [0.15, 0.2) is 52.8 Å². The molecule has 1 aromatic heterocycles. The van der Waals surface area contributed by atoms with Crippen LogP contribution in [0.1, 0.15) is 29.2 Å². The van der Waals surface area contributed by atoms with Crippen LogP contribution in [-0.2, 0) is 16.4 Å². The van der Waals surface area contributed by atoms with Crippen molar-refractivity contribution in [2.24, 2.45) is 21.7 Å². The van der Waals surface area contributed by atoms with Crippen LogP contribution in [0, 0.1) is 0 Å². The quantitative estimate of drug-likeness (QED) is 0.490. The van der Waals surface area contributed by atoms with Crippen LogP contribution in [0.25, 0.3) is 0 Å². The molecular formula is C16H19N5O2S. The number of benzene rings is 1. The maximum absolute atomic E-state index is 12.0. The number of hydrogen-bond acceptors (Lipinski definition) is 4. The molecule has 1 aliphatic carbocycles. The van der Waals surface area contributed by atoms with E-state index >= 15 is 0 Å². The van der Waals surface area contributed by atoms with E-state index in [1.54, 1.807) is 12.3 Å². The van der Waals surface area contributed by atoms with Gasteiger partial charge in [-0.2, -0.15) is 5.10 Å². The highest BCUT2D eigenvalue weighted by Crippen LogP contribution is 2.34. The molecule has 2 aromatic rings. The summed E-state index contributed by atoms with van der Waals surface area (Å²) in [4.78, 5) is 0. The Morgan fingerprint density at radius 1 is 1.17 bits per heavy atom. The summed E-state index contributed by atoms with van der Waals surface area (Å²) in [5, 5.41) is 7.89. The Hall–Kier alpha value is -2.61. The summed E-state index contributed by atoms with van der Waals surface area (Å²) in [5.74, 6) is -0.0181. The summed E-state index contributed by atoms with van der Waals surface area (Å²) in [6, 6.07) is 11.7. The van der Waals surface area contributed by atoms with Crippen LogP contribution in [-0.4, -0.2) is 30.3 Å². The Labute approximate surface area is 140 Å². The van der Waals surface area contributed by atoms with Crippen molar-refractivity contribution in [1.29, 1.82) is 0 Å². The minimum absolute atomic E-state index is 0.113. The van der Waals surface area contributed by atoms with Gasteiger partial charge < -0.3 is 11.5 Å². The summed E-state index contributed by atoms with van der Waals surface area (Å²) in [6.45, 7) is 0. The van der Waals surface area contributed by atoms with E-state index in [0.717, 1.165) is 11.1 Å². The van der Waals surface area contributed by atoms with Gasteiger partial charge in [-0.15, -0.1) is 5.10 Å². The second kappa shape index (κ2) is 6.12. The lowest BCUT2D eigenvalue weighted by atomic mass is 9.82. The topological polar surface area (TPSA) is 116 Å². The molecule has 1 unspecified atom stereocenters. The molecule has 1 atom stereocenters. The van der Waals surface area contributed by atoms with Crippen molar-refractivity contribution >= 4 is 21.7 Å². The van der Waals surface area contributed by atoms with Crippen molar-refractivity contribution in [3.05, 3.63) is 59.4 Å². The Bertz CT molecular complexity index is 909. The Balaban J connectivity index is 2.12. The van der Waals surface area contributed by atoms with E-state index in [1.807, 2.05) is 30.3 Å². The first kappa shape index (κ1) is 16.3. The molecule has 24 heavy (non-hydrogen) atoms. The van der Waals surface area contributed by atoms with Crippen LogP contribution in [0.3, 0.4) is 0 Å². The molecule has 126 valence electrons. The van der Waals surface area contributed by atoms with Gasteiger partial charge in [0.05, 0.1) is 12.0 Å². The highest BCUT2D eigenvalue weighted by atomic mass is 32.2. The van der Waals surface area contributed by atoms with Gasteiger partial charge in [0.2, 0.25) is 16.0 Å². The van der Waals surface area contributed by atoms with Crippen molar-refractivity contribution < 1.29 is 8.42 Å². The number of hydrogen-bond donors (Lipinski definition) is 2.